The highest BCUT2D eigenvalue weighted by atomic mass is 16.4. The number of rotatable bonds is 3. The quantitative estimate of drug-likeness (QED) is 0.714. The van der Waals surface area contributed by atoms with Crippen molar-refractivity contribution in [2.24, 2.45) is 5.92 Å². The van der Waals surface area contributed by atoms with E-state index in [4.69, 9.17) is 10.8 Å². The predicted molar refractivity (Wildman–Crippen MR) is 76.8 cm³/mol. The van der Waals surface area contributed by atoms with Gasteiger partial charge in [-0.2, -0.15) is 0 Å². The first-order valence-corrected chi connectivity index (χ1v) is 6.62. The van der Waals surface area contributed by atoms with Gasteiger partial charge in [-0.1, -0.05) is 0 Å². The molecule has 1 aromatic rings. The zero-order valence-corrected chi connectivity index (χ0v) is 11.4. The zero-order chi connectivity index (χ0) is 14.7. The summed E-state index contributed by atoms with van der Waals surface area (Å²) in [5.41, 5.74) is 7.05. The second-order valence-electron chi connectivity index (χ2n) is 4.95. The summed E-state index contributed by atoms with van der Waals surface area (Å²) in [7, 11) is 1.65. The number of hydrogen-bond donors (Lipinski definition) is 3. The number of carboxylic acids is 1. The van der Waals surface area contributed by atoms with Crippen molar-refractivity contribution in [1.29, 1.82) is 0 Å². The Bertz CT molecular complexity index is 522. The number of benzene rings is 1. The lowest BCUT2D eigenvalue weighted by molar-refractivity contribution is -0.125. The van der Waals surface area contributed by atoms with Crippen molar-refractivity contribution in [1.82, 2.24) is 5.32 Å². The minimum Gasteiger partial charge on any atom is -0.478 e. The van der Waals surface area contributed by atoms with Gasteiger partial charge < -0.3 is 21.1 Å². The van der Waals surface area contributed by atoms with E-state index in [-0.39, 0.29) is 23.1 Å². The van der Waals surface area contributed by atoms with Gasteiger partial charge in [0.2, 0.25) is 5.91 Å². The number of aromatic carboxylic acids is 1. The van der Waals surface area contributed by atoms with Crippen LogP contribution in [0.1, 0.15) is 23.2 Å². The van der Waals surface area contributed by atoms with Gasteiger partial charge in [-0.15, -0.1) is 0 Å². The first kappa shape index (κ1) is 14.2. The summed E-state index contributed by atoms with van der Waals surface area (Å²) in [6.07, 6.45) is 1.58. The Morgan fingerprint density at radius 3 is 2.50 bits per heavy atom. The highest BCUT2D eigenvalue weighted by Crippen LogP contribution is 2.26. The normalized spacial score (nSPS) is 15.9. The van der Waals surface area contributed by atoms with Crippen LogP contribution in [-0.2, 0) is 4.79 Å². The molecule has 1 aliphatic rings. The molecule has 0 radical (unpaired) electrons. The minimum absolute atomic E-state index is 0.0619. The number of anilines is 2. The summed E-state index contributed by atoms with van der Waals surface area (Å²) >= 11 is 0. The van der Waals surface area contributed by atoms with Crippen LogP contribution in [0.2, 0.25) is 0 Å². The Morgan fingerprint density at radius 1 is 1.35 bits per heavy atom. The van der Waals surface area contributed by atoms with Crippen LogP contribution in [0.3, 0.4) is 0 Å². The van der Waals surface area contributed by atoms with E-state index in [9.17, 15) is 9.59 Å². The fourth-order valence-corrected chi connectivity index (χ4v) is 2.55. The lowest BCUT2D eigenvalue weighted by Gasteiger charge is -2.33. The molecular formula is C14H19N3O3. The molecule has 0 aromatic heterocycles. The highest BCUT2D eigenvalue weighted by Gasteiger charge is 2.24. The van der Waals surface area contributed by atoms with Gasteiger partial charge in [0, 0.05) is 37.4 Å². The smallest absolute Gasteiger partial charge is 0.337 e. The van der Waals surface area contributed by atoms with Crippen LogP contribution in [0.15, 0.2) is 18.2 Å². The van der Waals surface area contributed by atoms with E-state index in [2.05, 4.69) is 10.2 Å². The summed E-state index contributed by atoms with van der Waals surface area (Å²) in [4.78, 5) is 24.6. The van der Waals surface area contributed by atoms with E-state index in [1.807, 2.05) is 0 Å². The molecule has 6 heteroatoms. The van der Waals surface area contributed by atoms with Crippen molar-refractivity contribution < 1.29 is 14.7 Å². The Labute approximate surface area is 117 Å². The summed E-state index contributed by atoms with van der Waals surface area (Å²) in [5, 5.41) is 11.6. The van der Waals surface area contributed by atoms with E-state index >= 15 is 0 Å². The van der Waals surface area contributed by atoms with Gasteiger partial charge in [0.25, 0.3) is 0 Å². The number of amides is 1. The Kier molecular flexibility index (Phi) is 4.12. The molecule has 0 aliphatic carbocycles. The van der Waals surface area contributed by atoms with Crippen molar-refractivity contribution in [3.05, 3.63) is 23.8 Å². The Hall–Kier alpha value is -2.24. The molecule has 108 valence electrons. The van der Waals surface area contributed by atoms with Crippen LogP contribution in [0.5, 0.6) is 0 Å². The molecule has 0 unspecified atom stereocenters. The van der Waals surface area contributed by atoms with Crippen molar-refractivity contribution in [3.63, 3.8) is 0 Å². The molecule has 0 atom stereocenters. The summed E-state index contributed by atoms with van der Waals surface area (Å²) in [6, 6.07) is 4.97. The average Bonchev–Trinajstić information content (AvgIpc) is 2.46. The average molecular weight is 277 g/mol. The van der Waals surface area contributed by atoms with Crippen molar-refractivity contribution in [3.8, 4) is 0 Å². The van der Waals surface area contributed by atoms with Gasteiger partial charge in [-0.05, 0) is 31.0 Å². The fourth-order valence-electron chi connectivity index (χ4n) is 2.55. The lowest BCUT2D eigenvalue weighted by Crippen LogP contribution is -2.39. The molecule has 1 saturated heterocycles. The first-order valence-electron chi connectivity index (χ1n) is 6.62. The van der Waals surface area contributed by atoms with Gasteiger partial charge in [-0.3, -0.25) is 4.79 Å². The van der Waals surface area contributed by atoms with Crippen LogP contribution >= 0.6 is 0 Å². The number of hydrogen-bond acceptors (Lipinski definition) is 4. The van der Waals surface area contributed by atoms with E-state index < -0.39 is 5.97 Å². The van der Waals surface area contributed by atoms with Gasteiger partial charge in [0.1, 0.15) is 0 Å². The Balaban J connectivity index is 2.06. The molecule has 1 aliphatic heterocycles. The van der Waals surface area contributed by atoms with Crippen molar-refractivity contribution in [2.75, 3.05) is 30.8 Å². The van der Waals surface area contributed by atoms with Gasteiger partial charge in [-0.25, -0.2) is 4.79 Å². The molecule has 0 saturated carbocycles. The SMILES string of the molecule is CNC(=O)C1CCN(c2ccc(C(=O)O)c(N)c2)CC1. The van der Waals surface area contributed by atoms with Gasteiger partial charge in [0.15, 0.2) is 0 Å². The molecular weight excluding hydrogens is 258 g/mol. The second-order valence-corrected chi connectivity index (χ2v) is 4.95. The van der Waals surface area contributed by atoms with Crippen LogP contribution in [-0.4, -0.2) is 37.1 Å². The van der Waals surface area contributed by atoms with Crippen molar-refractivity contribution in [2.45, 2.75) is 12.8 Å². The molecule has 20 heavy (non-hydrogen) atoms. The third-order valence-corrected chi connectivity index (χ3v) is 3.74. The first-order chi connectivity index (χ1) is 9.52. The topological polar surface area (TPSA) is 95.7 Å². The highest BCUT2D eigenvalue weighted by molar-refractivity contribution is 5.94. The minimum atomic E-state index is -1.02. The molecule has 0 spiro atoms. The lowest BCUT2D eigenvalue weighted by atomic mass is 9.95. The fraction of sp³-hybridized carbons (Fsp3) is 0.429. The molecule has 1 heterocycles. The molecule has 2 rings (SSSR count). The van der Waals surface area contributed by atoms with Crippen LogP contribution in [0.25, 0.3) is 0 Å². The molecule has 1 amide bonds. The van der Waals surface area contributed by atoms with E-state index in [0.29, 0.717) is 0 Å². The summed E-state index contributed by atoms with van der Waals surface area (Å²) < 4.78 is 0. The molecule has 1 fully saturated rings. The largest absolute Gasteiger partial charge is 0.478 e. The van der Waals surface area contributed by atoms with E-state index in [1.165, 1.54) is 6.07 Å². The number of carbonyl (C=O) groups is 2. The van der Waals surface area contributed by atoms with Crippen molar-refractivity contribution >= 4 is 23.3 Å². The second kappa shape index (κ2) is 5.81. The van der Waals surface area contributed by atoms with Crippen LogP contribution in [0.4, 0.5) is 11.4 Å². The monoisotopic (exact) mass is 277 g/mol. The number of nitrogens with zero attached hydrogens (tertiary/aromatic N) is 1. The van der Waals surface area contributed by atoms with E-state index in [1.54, 1.807) is 19.2 Å². The molecule has 4 N–H and O–H groups in total. The third-order valence-electron chi connectivity index (χ3n) is 3.74. The summed E-state index contributed by atoms with van der Waals surface area (Å²) in [6.45, 7) is 1.54. The zero-order valence-electron chi connectivity index (χ0n) is 11.4. The number of carboxylic acid groups (broad SMARTS) is 1. The number of nitrogens with two attached hydrogens (primary N) is 1. The number of nitrogen functional groups attached to an aromatic ring is 1. The predicted octanol–water partition coefficient (Wildman–Crippen LogP) is 0.929. The van der Waals surface area contributed by atoms with Gasteiger partial charge in [0.05, 0.1) is 5.56 Å². The molecule has 1 aromatic carbocycles. The van der Waals surface area contributed by atoms with Crippen LogP contribution in [0, 0.1) is 5.92 Å². The number of carbonyl (C=O) groups excluding carboxylic acids is 1. The maximum absolute atomic E-state index is 11.6. The maximum atomic E-state index is 11.6. The molecule has 0 bridgehead atoms. The number of nitrogens with one attached hydrogen (secondary N) is 1. The number of piperidine rings is 1. The summed E-state index contributed by atoms with van der Waals surface area (Å²) in [5.74, 6) is -0.871. The van der Waals surface area contributed by atoms with Gasteiger partial charge >= 0.3 is 5.97 Å². The Morgan fingerprint density at radius 2 is 2.00 bits per heavy atom. The van der Waals surface area contributed by atoms with Crippen LogP contribution < -0.4 is 16.0 Å². The standard InChI is InChI=1S/C14H19N3O3/c1-16-13(18)9-4-6-17(7-5-9)10-2-3-11(14(19)20)12(15)8-10/h2-3,8-9H,4-7,15H2,1H3,(H,16,18)(H,19,20). The van der Waals surface area contributed by atoms with E-state index in [0.717, 1.165) is 31.6 Å². The molecule has 6 nitrogen and oxygen atoms in total. The third kappa shape index (κ3) is 2.84. The maximum Gasteiger partial charge on any atom is 0.337 e.